The molecule has 0 unspecified atom stereocenters. The van der Waals surface area contributed by atoms with Gasteiger partial charge in [0.1, 0.15) is 12.7 Å². The zero-order chi connectivity index (χ0) is 18.8. The van der Waals surface area contributed by atoms with Crippen molar-refractivity contribution in [3.63, 3.8) is 0 Å². The molecule has 7 heteroatoms. The van der Waals surface area contributed by atoms with Crippen LogP contribution in [0.3, 0.4) is 0 Å². The molecule has 7 nitrogen and oxygen atoms in total. The van der Waals surface area contributed by atoms with Crippen molar-refractivity contribution in [1.29, 1.82) is 0 Å². The maximum Gasteiger partial charge on any atom is 0.315 e. The maximum atomic E-state index is 11.5. The van der Waals surface area contributed by atoms with Crippen LogP contribution in [-0.4, -0.2) is 43.9 Å². The lowest BCUT2D eigenvalue weighted by atomic mass is 10.2. The first-order valence-electron chi connectivity index (χ1n) is 9.11. The molecule has 0 rings (SSSR count). The molecule has 0 saturated heterocycles. The van der Waals surface area contributed by atoms with Gasteiger partial charge in [-0.1, -0.05) is 6.92 Å². The van der Waals surface area contributed by atoms with Gasteiger partial charge in [0.05, 0.1) is 13.2 Å². The van der Waals surface area contributed by atoms with Crippen LogP contribution in [-0.2, 0) is 28.7 Å². The number of hydrogen-bond donors (Lipinski definition) is 1. The summed E-state index contributed by atoms with van der Waals surface area (Å²) in [5.41, 5.74) is 0. The maximum absolute atomic E-state index is 11.5. The summed E-state index contributed by atoms with van der Waals surface area (Å²) in [6.45, 7) is 3.15. The minimum atomic E-state index is -0.525. The van der Waals surface area contributed by atoms with E-state index in [1.54, 1.807) is 0 Å². The summed E-state index contributed by atoms with van der Waals surface area (Å²) < 4.78 is 10.1. The average molecular weight is 357 g/mol. The van der Waals surface area contributed by atoms with Gasteiger partial charge in [0.25, 0.3) is 0 Å². The molecule has 1 amide bonds. The second-order valence-electron chi connectivity index (χ2n) is 5.79. The van der Waals surface area contributed by atoms with Gasteiger partial charge in [-0.05, 0) is 44.9 Å². The molecule has 0 saturated carbocycles. The van der Waals surface area contributed by atoms with Crippen molar-refractivity contribution in [1.82, 2.24) is 5.32 Å². The fourth-order valence-electron chi connectivity index (χ4n) is 2.01. The number of ether oxygens (including phenoxy) is 2. The summed E-state index contributed by atoms with van der Waals surface area (Å²) >= 11 is 0. The number of esters is 2. The van der Waals surface area contributed by atoms with Crippen LogP contribution in [0.15, 0.2) is 0 Å². The van der Waals surface area contributed by atoms with Crippen LogP contribution in [0.25, 0.3) is 0 Å². The van der Waals surface area contributed by atoms with Crippen molar-refractivity contribution in [2.75, 3.05) is 19.8 Å². The molecule has 0 aromatic carbocycles. The quantitative estimate of drug-likeness (QED) is 0.197. The monoisotopic (exact) mass is 357 g/mol. The Labute approximate surface area is 149 Å². The highest BCUT2D eigenvalue weighted by Crippen LogP contribution is 2.04. The third-order valence-electron chi connectivity index (χ3n) is 3.39. The fourth-order valence-corrected chi connectivity index (χ4v) is 2.01. The first-order chi connectivity index (χ1) is 12.1. The summed E-state index contributed by atoms with van der Waals surface area (Å²) in [6.07, 6.45) is 6.95. The molecule has 0 fully saturated rings. The van der Waals surface area contributed by atoms with Crippen LogP contribution in [0.2, 0.25) is 0 Å². The zero-order valence-corrected chi connectivity index (χ0v) is 15.2. The Morgan fingerprint density at radius 1 is 0.880 bits per heavy atom. The van der Waals surface area contributed by atoms with Crippen LogP contribution >= 0.6 is 0 Å². The van der Waals surface area contributed by atoms with Gasteiger partial charge >= 0.3 is 11.9 Å². The number of carbonyl (C=O) groups is 4. The lowest BCUT2D eigenvalue weighted by Gasteiger charge is -2.06. The molecule has 0 aliphatic rings. The van der Waals surface area contributed by atoms with Gasteiger partial charge in [0, 0.05) is 19.4 Å². The molecule has 0 atom stereocenters. The molecule has 0 heterocycles. The first-order valence-corrected chi connectivity index (χ1v) is 9.11. The van der Waals surface area contributed by atoms with E-state index >= 15 is 0 Å². The van der Waals surface area contributed by atoms with E-state index in [2.05, 4.69) is 5.32 Å². The summed E-state index contributed by atoms with van der Waals surface area (Å²) in [7, 11) is 0. The van der Waals surface area contributed by atoms with Crippen LogP contribution in [0.5, 0.6) is 0 Å². The molecule has 144 valence electrons. The summed E-state index contributed by atoms with van der Waals surface area (Å²) in [5.74, 6) is -1.07. The normalized spacial score (nSPS) is 10.1. The van der Waals surface area contributed by atoms with Gasteiger partial charge in [-0.25, -0.2) is 0 Å². The Morgan fingerprint density at radius 2 is 1.52 bits per heavy atom. The first kappa shape index (κ1) is 23.1. The molecule has 1 N–H and O–H groups in total. The van der Waals surface area contributed by atoms with E-state index in [1.807, 2.05) is 6.92 Å². The number of hydrogen-bond acceptors (Lipinski definition) is 6. The zero-order valence-electron chi connectivity index (χ0n) is 15.2. The van der Waals surface area contributed by atoms with Crippen molar-refractivity contribution >= 4 is 24.1 Å². The number of rotatable bonds is 16. The second-order valence-corrected chi connectivity index (χ2v) is 5.79. The third kappa shape index (κ3) is 16.7. The Morgan fingerprint density at radius 3 is 2.16 bits per heavy atom. The SMILES string of the molecule is CCCNC(=O)CC(=O)OCCCCCC(=O)OCCCCCC=O. The topological polar surface area (TPSA) is 98.8 Å². The van der Waals surface area contributed by atoms with E-state index in [9.17, 15) is 19.2 Å². The van der Waals surface area contributed by atoms with Gasteiger partial charge in [-0.3, -0.25) is 14.4 Å². The van der Waals surface area contributed by atoms with Gasteiger partial charge < -0.3 is 19.6 Å². The number of nitrogens with one attached hydrogen (secondary N) is 1. The van der Waals surface area contributed by atoms with Crippen molar-refractivity contribution < 1.29 is 28.7 Å². The number of aldehydes is 1. The van der Waals surface area contributed by atoms with Gasteiger partial charge in [-0.2, -0.15) is 0 Å². The molecule has 0 spiro atoms. The van der Waals surface area contributed by atoms with E-state index in [0.29, 0.717) is 38.8 Å². The van der Waals surface area contributed by atoms with Crippen molar-refractivity contribution in [3.8, 4) is 0 Å². The Balaban J connectivity index is 3.41. The molecular formula is C18H31NO6. The van der Waals surface area contributed by atoms with Gasteiger partial charge in [0.15, 0.2) is 0 Å². The fraction of sp³-hybridized carbons (Fsp3) is 0.778. The third-order valence-corrected chi connectivity index (χ3v) is 3.39. The minimum absolute atomic E-state index is 0.222. The lowest BCUT2D eigenvalue weighted by molar-refractivity contribution is -0.147. The highest BCUT2D eigenvalue weighted by Gasteiger charge is 2.09. The molecule has 25 heavy (non-hydrogen) atoms. The summed E-state index contributed by atoms with van der Waals surface area (Å²) in [6, 6.07) is 0. The standard InChI is InChI=1S/C18H31NO6/c1-2-11-19-16(21)15-18(23)25-14-9-5-6-10-17(22)24-13-8-4-3-7-12-20/h12H,2-11,13-15H2,1H3,(H,19,21). The molecule has 0 radical (unpaired) electrons. The highest BCUT2D eigenvalue weighted by atomic mass is 16.5. The predicted molar refractivity (Wildman–Crippen MR) is 92.8 cm³/mol. The molecular weight excluding hydrogens is 326 g/mol. The van der Waals surface area contributed by atoms with Crippen LogP contribution in [0, 0.1) is 0 Å². The van der Waals surface area contributed by atoms with E-state index in [4.69, 9.17) is 9.47 Å². The summed E-state index contributed by atoms with van der Waals surface area (Å²) in [4.78, 5) is 44.3. The molecule has 0 aromatic rings. The largest absolute Gasteiger partial charge is 0.466 e. The van der Waals surface area contributed by atoms with Gasteiger partial charge in [0.2, 0.25) is 5.91 Å². The average Bonchev–Trinajstić information content (AvgIpc) is 2.59. The lowest BCUT2D eigenvalue weighted by Crippen LogP contribution is -2.27. The minimum Gasteiger partial charge on any atom is -0.466 e. The number of amides is 1. The molecule has 0 aromatic heterocycles. The Bertz CT molecular complexity index is 397. The summed E-state index contributed by atoms with van der Waals surface area (Å²) in [5, 5.41) is 2.61. The molecule has 0 aliphatic heterocycles. The van der Waals surface area contributed by atoms with E-state index in [-0.39, 0.29) is 24.9 Å². The van der Waals surface area contributed by atoms with Crippen LogP contribution in [0.1, 0.15) is 71.1 Å². The van der Waals surface area contributed by atoms with E-state index in [0.717, 1.165) is 38.4 Å². The smallest absolute Gasteiger partial charge is 0.315 e. The van der Waals surface area contributed by atoms with Gasteiger partial charge in [-0.15, -0.1) is 0 Å². The van der Waals surface area contributed by atoms with Crippen molar-refractivity contribution in [3.05, 3.63) is 0 Å². The van der Waals surface area contributed by atoms with Crippen molar-refractivity contribution in [2.45, 2.75) is 71.1 Å². The van der Waals surface area contributed by atoms with E-state index in [1.165, 1.54) is 0 Å². The van der Waals surface area contributed by atoms with Crippen LogP contribution in [0.4, 0.5) is 0 Å². The van der Waals surface area contributed by atoms with Crippen LogP contribution < -0.4 is 5.32 Å². The van der Waals surface area contributed by atoms with Crippen molar-refractivity contribution in [2.24, 2.45) is 0 Å². The number of unbranched alkanes of at least 4 members (excludes halogenated alkanes) is 5. The molecule has 0 aliphatic carbocycles. The predicted octanol–water partition coefficient (Wildman–Crippen LogP) is 2.31. The van der Waals surface area contributed by atoms with E-state index < -0.39 is 5.97 Å². The second kappa shape index (κ2) is 16.9. The molecule has 0 bridgehead atoms. The Hall–Kier alpha value is -1.92. The Kier molecular flexibility index (Phi) is 15.6. The number of carbonyl (C=O) groups excluding carboxylic acids is 4. The highest BCUT2D eigenvalue weighted by molar-refractivity contribution is 5.94.